The van der Waals surface area contributed by atoms with Gasteiger partial charge in [-0.2, -0.15) is 0 Å². The predicted molar refractivity (Wildman–Crippen MR) is 132 cm³/mol. The zero-order chi connectivity index (χ0) is 24.9. The van der Waals surface area contributed by atoms with Gasteiger partial charge in [-0.05, 0) is 46.9 Å². The summed E-state index contributed by atoms with van der Waals surface area (Å²) >= 11 is 0. The average Bonchev–Trinajstić information content (AvgIpc) is 3.16. The standard InChI is InChI=1S/C28H28N2O5/c1-18(15-26(31)30(2)16-19-11-13-20(14-12-19)27(32)33)29-28(34)35-17-25-23-9-5-3-7-21(23)22-8-4-6-10-24(22)25/h3-14,18,25H,15-17H2,1-2H3,(H,29,34)(H,32,33)/t18-/m1/s1. The molecular formula is C28H28N2O5. The van der Waals surface area contributed by atoms with E-state index < -0.39 is 18.1 Å². The Balaban J connectivity index is 1.27. The van der Waals surface area contributed by atoms with E-state index in [2.05, 4.69) is 29.6 Å². The molecule has 0 fully saturated rings. The summed E-state index contributed by atoms with van der Waals surface area (Å²) in [6.07, 6.45) is -0.437. The van der Waals surface area contributed by atoms with Gasteiger partial charge in [0.15, 0.2) is 0 Å². The van der Waals surface area contributed by atoms with Gasteiger partial charge < -0.3 is 20.1 Å². The highest BCUT2D eigenvalue weighted by Crippen LogP contribution is 2.44. The Kier molecular flexibility index (Phi) is 7.15. The maximum absolute atomic E-state index is 12.6. The summed E-state index contributed by atoms with van der Waals surface area (Å²) in [5.74, 6) is -1.16. The summed E-state index contributed by atoms with van der Waals surface area (Å²) in [5, 5.41) is 11.7. The van der Waals surface area contributed by atoms with Crippen LogP contribution in [-0.4, -0.2) is 47.7 Å². The maximum Gasteiger partial charge on any atom is 0.407 e. The van der Waals surface area contributed by atoms with Crippen molar-refractivity contribution in [1.82, 2.24) is 10.2 Å². The Morgan fingerprint density at radius 2 is 1.51 bits per heavy atom. The number of carbonyl (C=O) groups is 3. The highest BCUT2D eigenvalue weighted by atomic mass is 16.5. The molecule has 7 heteroatoms. The summed E-state index contributed by atoms with van der Waals surface area (Å²) in [4.78, 5) is 37.6. The van der Waals surface area contributed by atoms with E-state index in [0.29, 0.717) is 6.54 Å². The Hall–Kier alpha value is -4.13. The number of alkyl carbamates (subject to hydrolysis) is 1. The summed E-state index contributed by atoms with van der Waals surface area (Å²) in [5.41, 5.74) is 5.63. The minimum absolute atomic E-state index is 0.0243. The van der Waals surface area contributed by atoms with Crippen LogP contribution in [0.4, 0.5) is 4.79 Å². The van der Waals surface area contributed by atoms with Crippen molar-refractivity contribution in [3.63, 3.8) is 0 Å². The van der Waals surface area contributed by atoms with Crippen LogP contribution in [0.1, 0.15) is 46.3 Å². The molecule has 0 spiro atoms. The molecule has 2 amide bonds. The zero-order valence-electron chi connectivity index (χ0n) is 19.7. The summed E-state index contributed by atoms with van der Waals surface area (Å²) in [7, 11) is 1.67. The van der Waals surface area contributed by atoms with Crippen molar-refractivity contribution < 1.29 is 24.2 Å². The average molecular weight is 473 g/mol. The quantitative estimate of drug-likeness (QED) is 0.497. The third-order valence-corrected chi connectivity index (χ3v) is 6.24. The molecule has 0 unspecified atom stereocenters. The SMILES string of the molecule is C[C@H](CC(=O)N(C)Cc1ccc(C(=O)O)cc1)NC(=O)OCC1c2ccccc2-c2ccccc21. The first-order valence-corrected chi connectivity index (χ1v) is 11.5. The number of carboxylic acids is 1. The van der Waals surface area contributed by atoms with Gasteiger partial charge in [-0.1, -0.05) is 60.7 Å². The molecule has 3 aromatic carbocycles. The highest BCUT2D eigenvalue weighted by molar-refractivity contribution is 5.87. The molecular weight excluding hydrogens is 444 g/mol. The topological polar surface area (TPSA) is 95.9 Å². The van der Waals surface area contributed by atoms with Gasteiger partial charge in [0.1, 0.15) is 6.61 Å². The second kappa shape index (κ2) is 10.4. The van der Waals surface area contributed by atoms with E-state index in [9.17, 15) is 14.4 Å². The van der Waals surface area contributed by atoms with Crippen molar-refractivity contribution in [3.8, 4) is 11.1 Å². The van der Waals surface area contributed by atoms with Crippen LogP contribution in [0.2, 0.25) is 0 Å². The summed E-state index contributed by atoms with van der Waals surface area (Å²) < 4.78 is 5.56. The molecule has 0 radical (unpaired) electrons. The molecule has 0 aliphatic heterocycles. The van der Waals surface area contributed by atoms with Gasteiger partial charge >= 0.3 is 12.1 Å². The lowest BCUT2D eigenvalue weighted by molar-refractivity contribution is -0.130. The number of nitrogens with zero attached hydrogens (tertiary/aromatic N) is 1. The smallest absolute Gasteiger partial charge is 0.407 e. The van der Waals surface area contributed by atoms with Crippen molar-refractivity contribution in [3.05, 3.63) is 95.1 Å². The van der Waals surface area contributed by atoms with Crippen LogP contribution < -0.4 is 5.32 Å². The Morgan fingerprint density at radius 1 is 0.943 bits per heavy atom. The first-order valence-electron chi connectivity index (χ1n) is 11.5. The Labute approximate surface area is 204 Å². The number of hydrogen-bond donors (Lipinski definition) is 2. The van der Waals surface area contributed by atoms with Crippen LogP contribution in [0.3, 0.4) is 0 Å². The van der Waals surface area contributed by atoms with Crippen molar-refractivity contribution in [1.29, 1.82) is 0 Å². The molecule has 1 aliphatic carbocycles. The Bertz CT molecular complexity index is 1190. The minimum atomic E-state index is -0.992. The molecule has 0 aromatic heterocycles. The molecule has 0 heterocycles. The molecule has 35 heavy (non-hydrogen) atoms. The fourth-order valence-corrected chi connectivity index (χ4v) is 4.42. The molecule has 7 nitrogen and oxygen atoms in total. The lowest BCUT2D eigenvalue weighted by Gasteiger charge is -2.21. The predicted octanol–water partition coefficient (Wildman–Crippen LogP) is 4.66. The van der Waals surface area contributed by atoms with E-state index in [1.54, 1.807) is 31.0 Å². The number of ether oxygens (including phenoxy) is 1. The number of carbonyl (C=O) groups excluding carboxylic acids is 2. The molecule has 3 aromatic rings. The first kappa shape index (κ1) is 24.0. The number of fused-ring (bicyclic) bond motifs is 3. The molecule has 180 valence electrons. The van der Waals surface area contributed by atoms with Gasteiger partial charge in [0.05, 0.1) is 5.56 Å². The van der Waals surface area contributed by atoms with Gasteiger partial charge in [-0.3, -0.25) is 4.79 Å². The maximum atomic E-state index is 12.6. The lowest BCUT2D eigenvalue weighted by Crippen LogP contribution is -2.38. The number of carboxylic acid groups (broad SMARTS) is 1. The van der Waals surface area contributed by atoms with E-state index in [-0.39, 0.29) is 30.4 Å². The van der Waals surface area contributed by atoms with Crippen LogP contribution in [0.25, 0.3) is 11.1 Å². The molecule has 1 aliphatic rings. The third-order valence-electron chi connectivity index (χ3n) is 6.24. The monoisotopic (exact) mass is 472 g/mol. The molecule has 2 N–H and O–H groups in total. The van der Waals surface area contributed by atoms with E-state index in [1.165, 1.54) is 12.1 Å². The zero-order valence-corrected chi connectivity index (χ0v) is 19.7. The van der Waals surface area contributed by atoms with Crippen LogP contribution in [0, 0.1) is 0 Å². The first-order chi connectivity index (χ1) is 16.8. The molecule has 0 saturated heterocycles. The lowest BCUT2D eigenvalue weighted by atomic mass is 9.98. The van der Waals surface area contributed by atoms with Crippen molar-refractivity contribution >= 4 is 18.0 Å². The molecule has 0 bridgehead atoms. The second-order valence-corrected chi connectivity index (χ2v) is 8.83. The van der Waals surface area contributed by atoms with Gasteiger partial charge in [-0.25, -0.2) is 9.59 Å². The molecule has 0 saturated carbocycles. The molecule has 4 rings (SSSR count). The van der Waals surface area contributed by atoms with Gasteiger partial charge in [0.2, 0.25) is 5.91 Å². The number of hydrogen-bond acceptors (Lipinski definition) is 4. The van der Waals surface area contributed by atoms with Crippen molar-refractivity contribution in [2.75, 3.05) is 13.7 Å². The van der Waals surface area contributed by atoms with Crippen LogP contribution in [0.15, 0.2) is 72.8 Å². The summed E-state index contributed by atoms with van der Waals surface area (Å²) in [6.45, 7) is 2.32. The van der Waals surface area contributed by atoms with Crippen LogP contribution in [0.5, 0.6) is 0 Å². The van der Waals surface area contributed by atoms with Crippen molar-refractivity contribution in [2.45, 2.75) is 31.8 Å². The molecule has 1 atom stereocenters. The number of benzene rings is 3. The second-order valence-electron chi connectivity index (χ2n) is 8.83. The van der Waals surface area contributed by atoms with Crippen molar-refractivity contribution in [2.24, 2.45) is 0 Å². The largest absolute Gasteiger partial charge is 0.478 e. The number of nitrogens with one attached hydrogen (secondary N) is 1. The van der Waals surface area contributed by atoms with E-state index in [4.69, 9.17) is 9.84 Å². The normalized spacial score (nSPS) is 12.9. The minimum Gasteiger partial charge on any atom is -0.478 e. The van der Waals surface area contributed by atoms with E-state index >= 15 is 0 Å². The highest BCUT2D eigenvalue weighted by Gasteiger charge is 2.29. The van der Waals surface area contributed by atoms with Crippen LogP contribution in [-0.2, 0) is 16.1 Å². The fraction of sp³-hybridized carbons (Fsp3) is 0.250. The number of rotatable bonds is 8. The van der Waals surface area contributed by atoms with Crippen LogP contribution >= 0.6 is 0 Å². The fourth-order valence-electron chi connectivity index (χ4n) is 4.42. The van der Waals surface area contributed by atoms with E-state index in [1.807, 2.05) is 24.3 Å². The van der Waals surface area contributed by atoms with E-state index in [0.717, 1.165) is 27.8 Å². The van der Waals surface area contributed by atoms with Gasteiger partial charge in [-0.15, -0.1) is 0 Å². The van der Waals surface area contributed by atoms with Gasteiger partial charge in [0.25, 0.3) is 0 Å². The third kappa shape index (κ3) is 5.51. The summed E-state index contributed by atoms with van der Waals surface area (Å²) in [6, 6.07) is 22.3. The van der Waals surface area contributed by atoms with Gasteiger partial charge in [0, 0.05) is 32.0 Å². The Morgan fingerprint density at radius 3 is 2.09 bits per heavy atom. The number of amides is 2. The number of aromatic carboxylic acids is 1.